The normalized spacial score (nSPS) is 15.9. The number of halogens is 1. The fourth-order valence-corrected chi connectivity index (χ4v) is 4.83. The molecule has 5 rings (SSSR count). The van der Waals surface area contributed by atoms with E-state index in [2.05, 4.69) is 51.4 Å². The van der Waals surface area contributed by atoms with E-state index >= 15 is 0 Å². The molecule has 0 aromatic heterocycles. The molecule has 2 aliphatic rings. The number of carbonyl (C=O) groups is 1. The number of hydrogen-bond donors (Lipinski definition) is 0. The Morgan fingerprint density at radius 2 is 1.78 bits per heavy atom. The third kappa shape index (κ3) is 5.19. The molecule has 7 nitrogen and oxygen atoms in total. The van der Waals surface area contributed by atoms with Gasteiger partial charge in [-0.1, -0.05) is 24.3 Å². The van der Waals surface area contributed by atoms with Gasteiger partial charge in [0.15, 0.2) is 5.75 Å². The van der Waals surface area contributed by atoms with Crippen molar-refractivity contribution in [1.82, 2.24) is 14.7 Å². The number of carbonyl (C=O) groups excluding carboxylic acids is 1. The van der Waals surface area contributed by atoms with Gasteiger partial charge in [-0.3, -0.25) is 0 Å². The quantitative estimate of drug-likeness (QED) is 0.352. The molecule has 0 bridgehead atoms. The second-order valence-corrected chi connectivity index (χ2v) is 10.4. The van der Waals surface area contributed by atoms with Gasteiger partial charge in [0.1, 0.15) is 23.0 Å². The number of rotatable bonds is 3. The van der Waals surface area contributed by atoms with Crippen molar-refractivity contribution in [3.8, 4) is 17.2 Å². The lowest BCUT2D eigenvalue weighted by Gasteiger charge is -2.36. The van der Waals surface area contributed by atoms with Gasteiger partial charge in [-0.25, -0.2) is 9.79 Å². The number of fused-ring (bicyclic) bond motifs is 2. The summed E-state index contributed by atoms with van der Waals surface area (Å²) >= 11 is 2.31. The number of amidine groups is 1. The molecule has 3 aromatic rings. The second kappa shape index (κ2) is 10.5. The summed E-state index contributed by atoms with van der Waals surface area (Å²) in [7, 11) is 4.07. The summed E-state index contributed by atoms with van der Waals surface area (Å²) < 4.78 is 13.1. The number of benzene rings is 3. The average molecular weight is 596 g/mol. The predicted octanol–water partition coefficient (Wildman–Crippen LogP) is 5.91. The number of nitrogens with zero attached hydrogens (tertiary/aromatic N) is 4. The maximum atomic E-state index is 13.0. The van der Waals surface area contributed by atoms with Gasteiger partial charge in [0.05, 0.1) is 5.56 Å². The maximum Gasteiger partial charge on any atom is 0.415 e. The average Bonchev–Trinajstić information content (AvgIpc) is 3.05. The van der Waals surface area contributed by atoms with Gasteiger partial charge in [0.25, 0.3) is 0 Å². The number of amides is 1. The zero-order chi connectivity index (χ0) is 25.2. The van der Waals surface area contributed by atoms with Crippen molar-refractivity contribution in [3.63, 3.8) is 0 Å². The van der Waals surface area contributed by atoms with Gasteiger partial charge in [-0.2, -0.15) is 0 Å². The van der Waals surface area contributed by atoms with E-state index in [1.807, 2.05) is 68.7 Å². The lowest BCUT2D eigenvalue weighted by atomic mass is 10.1. The van der Waals surface area contributed by atoms with Gasteiger partial charge in [-0.05, 0) is 91.6 Å². The van der Waals surface area contributed by atoms with Gasteiger partial charge in [0.2, 0.25) is 0 Å². The lowest BCUT2D eigenvalue weighted by molar-refractivity contribution is 0.130. The number of para-hydroxylation sites is 2. The zero-order valence-electron chi connectivity index (χ0n) is 20.6. The predicted molar refractivity (Wildman–Crippen MR) is 150 cm³/mol. The fraction of sp³-hybridized carbons (Fsp3) is 0.286. The molecule has 1 atom stereocenters. The molecule has 0 unspecified atom stereocenters. The van der Waals surface area contributed by atoms with Crippen LogP contribution < -0.4 is 9.47 Å². The second-order valence-electron chi connectivity index (χ2n) is 9.20. The molecule has 2 heterocycles. The fourth-order valence-electron chi connectivity index (χ4n) is 4.34. The Bertz CT molecular complexity index is 1300. The smallest absolute Gasteiger partial charge is 0.415 e. The van der Waals surface area contributed by atoms with E-state index < -0.39 is 0 Å². The molecule has 36 heavy (non-hydrogen) atoms. The van der Waals surface area contributed by atoms with E-state index in [9.17, 15) is 4.79 Å². The highest BCUT2D eigenvalue weighted by Gasteiger charge is 2.28. The van der Waals surface area contributed by atoms with Gasteiger partial charge >= 0.3 is 6.09 Å². The van der Waals surface area contributed by atoms with E-state index in [0.717, 1.165) is 37.7 Å². The molecule has 0 spiro atoms. The summed E-state index contributed by atoms with van der Waals surface area (Å²) in [5.74, 6) is 2.96. The SMILES string of the molecule is C[C@@H](c1cccc(OC(=O)N2CCN(C3=Nc4ccccc4Oc4ccc(I)cc43)CC2)c1)N(C)C. The molecule has 0 aliphatic carbocycles. The Morgan fingerprint density at radius 3 is 2.56 bits per heavy atom. The maximum absolute atomic E-state index is 13.0. The first-order chi connectivity index (χ1) is 17.4. The monoisotopic (exact) mass is 596 g/mol. The first-order valence-electron chi connectivity index (χ1n) is 12.0. The summed E-state index contributed by atoms with van der Waals surface area (Å²) in [6.45, 7) is 4.53. The van der Waals surface area contributed by atoms with Crippen LogP contribution >= 0.6 is 22.6 Å². The Kier molecular flexibility index (Phi) is 7.15. The molecule has 3 aromatic carbocycles. The van der Waals surface area contributed by atoms with Crippen LogP contribution in [0.3, 0.4) is 0 Å². The summed E-state index contributed by atoms with van der Waals surface area (Å²) in [6.07, 6.45) is -0.323. The Hall–Kier alpha value is -3.11. The largest absolute Gasteiger partial charge is 0.454 e. The van der Waals surface area contributed by atoms with Crippen LogP contribution in [0, 0.1) is 3.57 Å². The van der Waals surface area contributed by atoms with Crippen LogP contribution in [0.4, 0.5) is 10.5 Å². The molecular weight excluding hydrogens is 567 g/mol. The van der Waals surface area contributed by atoms with Gasteiger partial charge in [-0.15, -0.1) is 0 Å². The van der Waals surface area contributed by atoms with Crippen molar-refractivity contribution in [2.45, 2.75) is 13.0 Å². The summed E-state index contributed by atoms with van der Waals surface area (Å²) in [6, 6.07) is 21.9. The van der Waals surface area contributed by atoms with Crippen LogP contribution in [0.2, 0.25) is 0 Å². The molecule has 0 saturated carbocycles. The van der Waals surface area contributed by atoms with Crippen molar-refractivity contribution in [1.29, 1.82) is 0 Å². The number of hydrogen-bond acceptors (Lipinski definition) is 6. The van der Waals surface area contributed by atoms with Crippen LogP contribution in [0.25, 0.3) is 0 Å². The van der Waals surface area contributed by atoms with Crippen molar-refractivity contribution < 1.29 is 14.3 Å². The van der Waals surface area contributed by atoms with Crippen LogP contribution in [-0.4, -0.2) is 66.9 Å². The minimum absolute atomic E-state index is 0.229. The highest BCUT2D eigenvalue weighted by Crippen LogP contribution is 2.38. The molecule has 8 heteroatoms. The Balaban J connectivity index is 1.31. The van der Waals surface area contributed by atoms with Gasteiger partial charge in [0, 0.05) is 35.8 Å². The molecule has 0 N–H and O–H groups in total. The third-order valence-corrected chi connectivity index (χ3v) is 7.32. The standard InChI is InChI=1S/C28H29IN4O3/c1-19(31(2)3)20-7-6-8-22(17-20)35-28(34)33-15-13-32(14-16-33)27-23-18-21(29)11-12-25(23)36-26-10-5-4-9-24(26)30-27/h4-12,17-19H,13-16H2,1-3H3/t19-/m0/s1. The van der Waals surface area contributed by atoms with Gasteiger partial charge < -0.3 is 24.2 Å². The summed E-state index contributed by atoms with van der Waals surface area (Å²) in [5, 5.41) is 0. The molecular formula is C28H29IN4O3. The minimum atomic E-state index is -0.323. The van der Waals surface area contributed by atoms with Crippen LogP contribution in [0.15, 0.2) is 71.7 Å². The number of piperazine rings is 1. The lowest BCUT2D eigenvalue weighted by Crippen LogP contribution is -2.51. The molecule has 1 amide bonds. The first-order valence-corrected chi connectivity index (χ1v) is 13.1. The van der Waals surface area contributed by atoms with Crippen LogP contribution in [0.1, 0.15) is 24.1 Å². The minimum Gasteiger partial charge on any atom is -0.454 e. The molecule has 2 aliphatic heterocycles. The highest BCUT2D eigenvalue weighted by atomic mass is 127. The van der Waals surface area contributed by atoms with E-state index in [0.29, 0.717) is 31.9 Å². The topological polar surface area (TPSA) is 57.6 Å². The summed E-state index contributed by atoms with van der Waals surface area (Å²) in [5.41, 5.74) is 2.87. The van der Waals surface area contributed by atoms with Crippen molar-refractivity contribution in [3.05, 3.63) is 81.4 Å². The zero-order valence-corrected chi connectivity index (χ0v) is 22.8. The summed E-state index contributed by atoms with van der Waals surface area (Å²) in [4.78, 5) is 24.1. The highest BCUT2D eigenvalue weighted by molar-refractivity contribution is 14.1. The van der Waals surface area contributed by atoms with Crippen molar-refractivity contribution in [2.24, 2.45) is 4.99 Å². The van der Waals surface area contributed by atoms with Crippen LogP contribution in [0.5, 0.6) is 17.2 Å². The number of aliphatic imine (C=N–C) groups is 1. The van der Waals surface area contributed by atoms with E-state index in [1.54, 1.807) is 4.90 Å². The first kappa shape index (κ1) is 24.6. The van der Waals surface area contributed by atoms with Crippen molar-refractivity contribution >= 4 is 40.2 Å². The molecule has 0 radical (unpaired) electrons. The van der Waals surface area contributed by atoms with E-state index in [-0.39, 0.29) is 12.1 Å². The molecule has 1 fully saturated rings. The van der Waals surface area contributed by atoms with Crippen molar-refractivity contribution in [2.75, 3.05) is 40.3 Å². The van der Waals surface area contributed by atoms with E-state index in [4.69, 9.17) is 14.5 Å². The van der Waals surface area contributed by atoms with Crippen LogP contribution in [-0.2, 0) is 0 Å². The third-order valence-electron chi connectivity index (χ3n) is 6.65. The number of ether oxygens (including phenoxy) is 2. The Morgan fingerprint density at radius 1 is 1.00 bits per heavy atom. The molecule has 1 saturated heterocycles. The Labute approximate surface area is 225 Å². The van der Waals surface area contributed by atoms with E-state index in [1.165, 1.54) is 0 Å². The molecule has 186 valence electrons.